The highest BCUT2D eigenvalue weighted by Crippen LogP contribution is 2.31. The van der Waals surface area contributed by atoms with Gasteiger partial charge >= 0.3 is 0 Å². The van der Waals surface area contributed by atoms with Crippen LogP contribution in [0.2, 0.25) is 0 Å². The number of ether oxygens (including phenoxy) is 1. The molecule has 6 heteroatoms. The molecule has 0 saturated carbocycles. The fourth-order valence-electron chi connectivity index (χ4n) is 1.66. The van der Waals surface area contributed by atoms with E-state index in [1.54, 1.807) is 25.5 Å². The van der Waals surface area contributed by atoms with E-state index in [2.05, 4.69) is 39.0 Å². The van der Waals surface area contributed by atoms with Crippen molar-refractivity contribution in [3.8, 4) is 5.75 Å². The number of thiophene rings is 1. The normalized spacial score (nSPS) is 11.9. The van der Waals surface area contributed by atoms with Crippen LogP contribution >= 0.6 is 11.3 Å². The van der Waals surface area contributed by atoms with E-state index in [1.807, 2.05) is 6.07 Å². The average Bonchev–Trinajstić information content (AvgIpc) is 2.92. The Morgan fingerprint density at radius 1 is 1.33 bits per heavy atom. The molecule has 0 aliphatic carbocycles. The first-order valence-electron chi connectivity index (χ1n) is 5.63. The van der Waals surface area contributed by atoms with Crippen molar-refractivity contribution in [3.63, 3.8) is 0 Å². The van der Waals surface area contributed by atoms with Crippen LogP contribution in [0.15, 0.2) is 23.8 Å². The molecule has 0 radical (unpaired) electrons. The Morgan fingerprint density at radius 2 is 2.11 bits per heavy atom. The van der Waals surface area contributed by atoms with Gasteiger partial charge in [-0.05, 0) is 18.4 Å². The number of anilines is 2. The first-order valence-corrected chi connectivity index (χ1v) is 6.51. The van der Waals surface area contributed by atoms with Crippen molar-refractivity contribution in [2.75, 3.05) is 24.8 Å². The monoisotopic (exact) mass is 264 g/mol. The topological polar surface area (TPSA) is 59.1 Å². The maximum Gasteiger partial charge on any atom is 0.204 e. The molecule has 2 N–H and O–H groups in total. The lowest BCUT2D eigenvalue weighted by molar-refractivity contribution is 0.414. The van der Waals surface area contributed by atoms with Crippen LogP contribution in [-0.4, -0.2) is 24.1 Å². The van der Waals surface area contributed by atoms with Crippen molar-refractivity contribution in [3.05, 3.63) is 28.7 Å². The second-order valence-electron chi connectivity index (χ2n) is 3.74. The Bertz CT molecular complexity index is 501. The summed E-state index contributed by atoms with van der Waals surface area (Å²) < 4.78 is 5.34. The Balaban J connectivity index is 2.23. The number of aromatic nitrogens is 2. The summed E-state index contributed by atoms with van der Waals surface area (Å²) >= 11 is 1.71. The highest BCUT2D eigenvalue weighted by Gasteiger charge is 2.14. The fourth-order valence-corrected chi connectivity index (χ4v) is 2.40. The predicted molar refractivity (Wildman–Crippen MR) is 74.5 cm³/mol. The van der Waals surface area contributed by atoms with Crippen LogP contribution < -0.4 is 15.4 Å². The van der Waals surface area contributed by atoms with Gasteiger partial charge in [-0.1, -0.05) is 6.07 Å². The third-order valence-corrected chi connectivity index (χ3v) is 3.62. The average molecular weight is 264 g/mol. The number of nitrogens with one attached hydrogen (secondary N) is 2. The number of hydrogen-bond donors (Lipinski definition) is 2. The summed E-state index contributed by atoms with van der Waals surface area (Å²) in [6.07, 6.45) is 1.51. The van der Waals surface area contributed by atoms with Crippen molar-refractivity contribution in [1.29, 1.82) is 0 Å². The van der Waals surface area contributed by atoms with Crippen molar-refractivity contribution in [2.45, 2.75) is 13.0 Å². The first kappa shape index (κ1) is 12.6. The van der Waals surface area contributed by atoms with Gasteiger partial charge in [0.15, 0.2) is 11.6 Å². The van der Waals surface area contributed by atoms with Gasteiger partial charge in [0.2, 0.25) is 5.75 Å². The molecular formula is C12H16N4OS. The molecule has 2 aromatic rings. The van der Waals surface area contributed by atoms with Crippen LogP contribution in [0.5, 0.6) is 5.75 Å². The molecule has 0 bridgehead atoms. The summed E-state index contributed by atoms with van der Waals surface area (Å²) in [5.41, 5.74) is 0. The van der Waals surface area contributed by atoms with Gasteiger partial charge in [-0.25, -0.2) is 9.97 Å². The molecule has 0 saturated heterocycles. The van der Waals surface area contributed by atoms with Crippen molar-refractivity contribution in [1.82, 2.24) is 9.97 Å². The molecule has 2 rings (SSSR count). The van der Waals surface area contributed by atoms with Gasteiger partial charge in [0.25, 0.3) is 0 Å². The van der Waals surface area contributed by atoms with E-state index >= 15 is 0 Å². The van der Waals surface area contributed by atoms with Gasteiger partial charge in [-0.3, -0.25) is 0 Å². The van der Waals surface area contributed by atoms with Crippen LogP contribution in [0.3, 0.4) is 0 Å². The maximum atomic E-state index is 5.34. The van der Waals surface area contributed by atoms with E-state index in [9.17, 15) is 0 Å². The summed E-state index contributed by atoms with van der Waals surface area (Å²) in [4.78, 5) is 9.59. The van der Waals surface area contributed by atoms with Crippen molar-refractivity contribution in [2.24, 2.45) is 0 Å². The summed E-state index contributed by atoms with van der Waals surface area (Å²) in [5.74, 6) is 1.99. The smallest absolute Gasteiger partial charge is 0.204 e. The number of hydrogen-bond acceptors (Lipinski definition) is 6. The fraction of sp³-hybridized carbons (Fsp3) is 0.333. The van der Waals surface area contributed by atoms with E-state index in [0.717, 1.165) is 0 Å². The molecule has 2 heterocycles. The van der Waals surface area contributed by atoms with E-state index in [4.69, 9.17) is 4.74 Å². The van der Waals surface area contributed by atoms with Crippen LogP contribution in [0.1, 0.15) is 17.8 Å². The Hall–Kier alpha value is -1.82. The molecule has 0 aliphatic rings. The summed E-state index contributed by atoms with van der Waals surface area (Å²) in [5, 5.41) is 8.37. The third kappa shape index (κ3) is 2.53. The predicted octanol–water partition coefficient (Wildman–Crippen LogP) is 2.76. The summed E-state index contributed by atoms with van der Waals surface area (Å²) in [6, 6.07) is 4.31. The zero-order valence-electron chi connectivity index (χ0n) is 10.6. The molecule has 18 heavy (non-hydrogen) atoms. The van der Waals surface area contributed by atoms with Gasteiger partial charge in [0.05, 0.1) is 13.2 Å². The molecule has 0 amide bonds. The Kier molecular flexibility index (Phi) is 3.99. The number of methoxy groups -OCH3 is 1. The van der Waals surface area contributed by atoms with Gasteiger partial charge in [0.1, 0.15) is 6.33 Å². The second-order valence-corrected chi connectivity index (χ2v) is 4.71. The lowest BCUT2D eigenvalue weighted by Gasteiger charge is -2.16. The largest absolute Gasteiger partial charge is 0.490 e. The lowest BCUT2D eigenvalue weighted by Crippen LogP contribution is -2.09. The first-order chi connectivity index (χ1) is 8.76. The molecule has 2 aromatic heterocycles. The quantitative estimate of drug-likeness (QED) is 0.869. The molecule has 1 atom stereocenters. The minimum atomic E-state index is 0.179. The second kappa shape index (κ2) is 5.68. The van der Waals surface area contributed by atoms with Crippen LogP contribution in [0.25, 0.3) is 0 Å². The van der Waals surface area contributed by atoms with Gasteiger partial charge in [0, 0.05) is 11.9 Å². The highest BCUT2D eigenvalue weighted by molar-refractivity contribution is 7.10. The summed E-state index contributed by atoms with van der Waals surface area (Å²) in [6.45, 7) is 2.09. The highest BCUT2D eigenvalue weighted by atomic mass is 32.1. The van der Waals surface area contributed by atoms with Crippen LogP contribution in [-0.2, 0) is 0 Å². The molecule has 96 valence electrons. The molecule has 0 aliphatic heterocycles. The SMILES string of the molecule is CNc1ncnc(NC(C)c2cccs2)c1OC. The molecular weight excluding hydrogens is 248 g/mol. The van der Waals surface area contributed by atoms with Crippen molar-refractivity contribution >= 4 is 23.0 Å². The van der Waals surface area contributed by atoms with E-state index in [1.165, 1.54) is 11.2 Å². The maximum absolute atomic E-state index is 5.34. The third-order valence-electron chi connectivity index (χ3n) is 2.57. The van der Waals surface area contributed by atoms with Crippen LogP contribution in [0.4, 0.5) is 11.6 Å². The number of rotatable bonds is 5. The van der Waals surface area contributed by atoms with E-state index < -0.39 is 0 Å². The minimum absolute atomic E-state index is 0.179. The Labute approximate surface area is 110 Å². The van der Waals surface area contributed by atoms with E-state index in [0.29, 0.717) is 17.4 Å². The lowest BCUT2D eigenvalue weighted by atomic mass is 10.2. The standard InChI is InChI=1S/C12H16N4OS/c1-8(9-5-4-6-18-9)16-12-10(17-3)11(13-2)14-7-15-12/h4-8H,1-3H3,(H2,13,14,15,16). The molecule has 0 spiro atoms. The zero-order valence-corrected chi connectivity index (χ0v) is 11.4. The number of nitrogens with zero attached hydrogens (tertiary/aromatic N) is 2. The van der Waals surface area contributed by atoms with Crippen LogP contribution in [0, 0.1) is 0 Å². The minimum Gasteiger partial charge on any atom is -0.490 e. The summed E-state index contributed by atoms with van der Waals surface area (Å²) in [7, 11) is 3.41. The molecule has 1 unspecified atom stereocenters. The molecule has 5 nitrogen and oxygen atoms in total. The van der Waals surface area contributed by atoms with Gasteiger partial charge < -0.3 is 15.4 Å². The Morgan fingerprint density at radius 3 is 2.72 bits per heavy atom. The van der Waals surface area contributed by atoms with Crippen molar-refractivity contribution < 1.29 is 4.74 Å². The molecule has 0 aromatic carbocycles. The van der Waals surface area contributed by atoms with Gasteiger partial charge in [-0.2, -0.15) is 0 Å². The van der Waals surface area contributed by atoms with E-state index in [-0.39, 0.29) is 6.04 Å². The molecule has 0 fully saturated rings. The van der Waals surface area contributed by atoms with Gasteiger partial charge in [-0.15, -0.1) is 11.3 Å². The zero-order chi connectivity index (χ0) is 13.0.